The molecule has 0 radical (unpaired) electrons. The first-order chi connectivity index (χ1) is 17.7. The van der Waals surface area contributed by atoms with E-state index in [1.165, 1.54) is 5.56 Å². The Bertz CT molecular complexity index is 1690. The molecule has 2 N–H and O–H groups in total. The summed E-state index contributed by atoms with van der Waals surface area (Å²) in [5, 5.41) is 6.14. The zero-order chi connectivity index (χ0) is 26.3. The second-order valence-electron chi connectivity index (χ2n) is 9.01. The van der Waals surface area contributed by atoms with Crippen LogP contribution < -0.4 is 10.6 Å². The number of aryl methyl sites for hydroxylation is 4. The Morgan fingerprint density at radius 1 is 0.865 bits per heavy atom. The van der Waals surface area contributed by atoms with Gasteiger partial charge in [-0.1, -0.05) is 29.8 Å². The lowest BCUT2D eigenvalue weighted by atomic mass is 10.1. The number of halogens is 1. The standard InChI is InChI=1S/C29H24ClN3O3S/c1-15-11-18(4)26-23(12-15)31-28(36-26)20-7-8-21(30)22(14-20)32-29(37)33-27(34)25-10-9-24(35-25)19-6-5-16(2)17(3)13-19/h5-14H,1-4H3,(H2,32,33,34,37). The number of thiocarbonyl (C=S) groups is 1. The van der Waals surface area contributed by atoms with Gasteiger partial charge in [0, 0.05) is 11.1 Å². The molecule has 0 aliphatic heterocycles. The van der Waals surface area contributed by atoms with Gasteiger partial charge in [-0.05, 0) is 105 Å². The fourth-order valence-corrected chi connectivity index (χ4v) is 4.45. The van der Waals surface area contributed by atoms with Crippen molar-refractivity contribution < 1.29 is 13.6 Å². The summed E-state index contributed by atoms with van der Waals surface area (Å²) < 4.78 is 11.8. The summed E-state index contributed by atoms with van der Waals surface area (Å²) in [7, 11) is 0. The van der Waals surface area contributed by atoms with Crippen LogP contribution in [0.15, 0.2) is 69.5 Å². The maximum atomic E-state index is 12.8. The lowest BCUT2D eigenvalue weighted by molar-refractivity contribution is 0.0951. The number of aromatic nitrogens is 1. The molecule has 2 aromatic heterocycles. The molecule has 0 saturated carbocycles. The van der Waals surface area contributed by atoms with E-state index in [1.54, 1.807) is 24.3 Å². The van der Waals surface area contributed by atoms with E-state index in [0.29, 0.717) is 22.4 Å². The van der Waals surface area contributed by atoms with Gasteiger partial charge in [0.15, 0.2) is 16.5 Å². The van der Waals surface area contributed by atoms with Gasteiger partial charge in [-0.3, -0.25) is 10.1 Å². The predicted molar refractivity (Wildman–Crippen MR) is 151 cm³/mol. The molecule has 2 heterocycles. The molecular formula is C29H24ClN3O3S. The number of amides is 1. The van der Waals surface area contributed by atoms with Crippen LogP contribution in [0.4, 0.5) is 5.69 Å². The quantitative estimate of drug-likeness (QED) is 0.231. The molecule has 1 amide bonds. The van der Waals surface area contributed by atoms with Crippen LogP contribution >= 0.6 is 23.8 Å². The average molecular weight is 530 g/mol. The van der Waals surface area contributed by atoms with Crippen LogP contribution in [0.1, 0.15) is 32.8 Å². The van der Waals surface area contributed by atoms with Crippen LogP contribution in [0, 0.1) is 27.7 Å². The lowest BCUT2D eigenvalue weighted by Crippen LogP contribution is -2.34. The molecule has 0 bridgehead atoms. The number of carbonyl (C=O) groups is 1. The lowest BCUT2D eigenvalue weighted by Gasteiger charge is -2.11. The van der Waals surface area contributed by atoms with Gasteiger partial charge in [-0.2, -0.15) is 0 Å². The molecule has 3 aromatic carbocycles. The van der Waals surface area contributed by atoms with Crippen molar-refractivity contribution in [2.75, 3.05) is 5.32 Å². The second kappa shape index (κ2) is 9.84. The highest BCUT2D eigenvalue weighted by Gasteiger charge is 2.16. The number of oxazole rings is 1. The summed E-state index contributed by atoms with van der Waals surface area (Å²) in [6, 6.07) is 18.7. The Kier molecular flexibility index (Phi) is 6.58. The Morgan fingerprint density at radius 2 is 1.65 bits per heavy atom. The van der Waals surface area contributed by atoms with Crippen LogP contribution in [0.2, 0.25) is 5.02 Å². The summed E-state index contributed by atoms with van der Waals surface area (Å²) in [6.45, 7) is 8.09. The zero-order valence-electron chi connectivity index (χ0n) is 20.7. The largest absolute Gasteiger partial charge is 0.451 e. The molecule has 0 saturated heterocycles. The predicted octanol–water partition coefficient (Wildman–Crippen LogP) is 7.77. The number of hydrogen-bond donors (Lipinski definition) is 2. The van der Waals surface area contributed by atoms with Crippen LogP contribution in [0.25, 0.3) is 33.9 Å². The number of anilines is 1. The highest BCUT2D eigenvalue weighted by molar-refractivity contribution is 7.80. The van der Waals surface area contributed by atoms with E-state index in [9.17, 15) is 4.79 Å². The molecule has 0 atom stereocenters. The van der Waals surface area contributed by atoms with Crippen LogP contribution in [0.3, 0.4) is 0 Å². The van der Waals surface area contributed by atoms with Gasteiger partial charge in [-0.15, -0.1) is 0 Å². The highest BCUT2D eigenvalue weighted by Crippen LogP contribution is 2.32. The van der Waals surface area contributed by atoms with Crippen molar-refractivity contribution in [2.45, 2.75) is 27.7 Å². The van der Waals surface area contributed by atoms with E-state index in [2.05, 4.69) is 21.7 Å². The molecule has 0 aliphatic carbocycles. The second-order valence-corrected chi connectivity index (χ2v) is 9.83. The molecule has 186 valence electrons. The Hall–Kier alpha value is -3.94. The summed E-state index contributed by atoms with van der Waals surface area (Å²) in [5.41, 5.74) is 8.13. The van der Waals surface area contributed by atoms with E-state index >= 15 is 0 Å². The van der Waals surface area contributed by atoms with Gasteiger partial charge in [0.25, 0.3) is 5.91 Å². The van der Waals surface area contributed by atoms with Gasteiger partial charge >= 0.3 is 0 Å². The van der Waals surface area contributed by atoms with Crippen molar-refractivity contribution in [1.29, 1.82) is 0 Å². The summed E-state index contributed by atoms with van der Waals surface area (Å²) >= 11 is 11.8. The maximum Gasteiger partial charge on any atom is 0.293 e. The Morgan fingerprint density at radius 3 is 2.43 bits per heavy atom. The number of furan rings is 1. The minimum absolute atomic E-state index is 0.0808. The van der Waals surface area contributed by atoms with Gasteiger partial charge in [0.2, 0.25) is 5.89 Å². The summed E-state index contributed by atoms with van der Waals surface area (Å²) in [5.74, 6) is 0.749. The fraction of sp³-hybridized carbons (Fsp3) is 0.138. The topological polar surface area (TPSA) is 80.3 Å². The third-order valence-corrected chi connectivity index (χ3v) is 6.66. The van der Waals surface area contributed by atoms with Gasteiger partial charge in [-0.25, -0.2) is 4.98 Å². The number of rotatable bonds is 4. The molecule has 0 unspecified atom stereocenters. The molecule has 6 nitrogen and oxygen atoms in total. The van der Waals surface area contributed by atoms with Crippen molar-refractivity contribution in [3.05, 3.63) is 93.7 Å². The number of nitrogens with zero attached hydrogens (tertiary/aromatic N) is 1. The first kappa shape index (κ1) is 24.7. The average Bonchev–Trinajstić information content (AvgIpc) is 3.50. The van der Waals surface area contributed by atoms with Gasteiger partial charge in [0.05, 0.1) is 10.7 Å². The normalized spacial score (nSPS) is 11.1. The van der Waals surface area contributed by atoms with Crippen LogP contribution in [-0.2, 0) is 0 Å². The fourth-order valence-electron chi connectivity index (χ4n) is 4.08. The summed E-state index contributed by atoms with van der Waals surface area (Å²) in [4.78, 5) is 17.4. The zero-order valence-corrected chi connectivity index (χ0v) is 22.3. The number of hydrogen-bond acceptors (Lipinski definition) is 5. The monoisotopic (exact) mass is 529 g/mol. The van der Waals surface area contributed by atoms with E-state index < -0.39 is 5.91 Å². The highest BCUT2D eigenvalue weighted by atomic mass is 35.5. The van der Waals surface area contributed by atoms with Crippen molar-refractivity contribution in [2.24, 2.45) is 0 Å². The molecule has 37 heavy (non-hydrogen) atoms. The van der Waals surface area contributed by atoms with Crippen LogP contribution in [0.5, 0.6) is 0 Å². The molecule has 0 fully saturated rings. The van der Waals surface area contributed by atoms with E-state index in [-0.39, 0.29) is 10.9 Å². The third-order valence-electron chi connectivity index (χ3n) is 6.13. The Balaban J connectivity index is 1.31. The molecular weight excluding hydrogens is 506 g/mol. The van der Waals surface area contributed by atoms with Crippen molar-refractivity contribution in [3.63, 3.8) is 0 Å². The Labute approximate surface area is 224 Å². The van der Waals surface area contributed by atoms with Crippen molar-refractivity contribution in [3.8, 4) is 22.8 Å². The number of carbonyl (C=O) groups excluding carboxylic acids is 1. The molecule has 8 heteroatoms. The van der Waals surface area contributed by atoms with E-state index in [1.807, 2.05) is 58.0 Å². The molecule has 0 spiro atoms. The summed E-state index contributed by atoms with van der Waals surface area (Å²) in [6.07, 6.45) is 0. The number of nitrogens with one attached hydrogen (secondary N) is 2. The van der Waals surface area contributed by atoms with Gasteiger partial charge < -0.3 is 14.2 Å². The maximum absolute atomic E-state index is 12.8. The minimum Gasteiger partial charge on any atom is -0.451 e. The minimum atomic E-state index is -0.468. The SMILES string of the molecule is Cc1cc(C)c2oc(-c3ccc(Cl)c(NC(=S)NC(=O)c4ccc(-c5ccc(C)c(C)c5)o4)c3)nc2c1. The first-order valence-electron chi connectivity index (χ1n) is 11.7. The number of benzene rings is 3. The molecule has 5 rings (SSSR count). The molecule has 5 aromatic rings. The number of fused-ring (bicyclic) bond motifs is 1. The van der Waals surface area contributed by atoms with Crippen molar-refractivity contribution in [1.82, 2.24) is 10.3 Å². The van der Waals surface area contributed by atoms with E-state index in [0.717, 1.165) is 38.9 Å². The van der Waals surface area contributed by atoms with Crippen LogP contribution in [-0.4, -0.2) is 16.0 Å². The molecule has 0 aliphatic rings. The third kappa shape index (κ3) is 5.14. The van der Waals surface area contributed by atoms with Gasteiger partial charge in [0.1, 0.15) is 11.3 Å². The van der Waals surface area contributed by atoms with E-state index in [4.69, 9.17) is 32.7 Å². The first-order valence-corrected chi connectivity index (χ1v) is 12.4. The smallest absolute Gasteiger partial charge is 0.293 e. The van der Waals surface area contributed by atoms with Crippen molar-refractivity contribution >= 4 is 51.6 Å².